The number of hydrogen-bond donors (Lipinski definition) is 0. The topological polar surface area (TPSA) is 78.9 Å². The van der Waals surface area contributed by atoms with Crippen molar-refractivity contribution in [1.82, 2.24) is 0 Å². The summed E-state index contributed by atoms with van der Waals surface area (Å²) in [7, 11) is 1.30. The standard InChI is InChI=1S/C21H34O6/c1-8-14(3)10-16-11-15(12-18(24)25-7)19(26-17(23)9-2)21(6,27-16)20(4,5)13-22/h12-14,16,19H,8-11H2,1-7H3/b15-12+/t14?,16?,19-,21+/m0/s1. The van der Waals surface area contributed by atoms with E-state index in [1.165, 1.54) is 13.2 Å². The van der Waals surface area contributed by atoms with Crippen molar-refractivity contribution in [2.45, 2.75) is 85.0 Å². The third-order valence-electron chi connectivity index (χ3n) is 5.69. The van der Waals surface area contributed by atoms with Gasteiger partial charge in [0.05, 0.1) is 18.6 Å². The van der Waals surface area contributed by atoms with E-state index in [0.717, 1.165) is 19.1 Å². The largest absolute Gasteiger partial charge is 0.466 e. The molecule has 0 radical (unpaired) electrons. The third-order valence-corrected chi connectivity index (χ3v) is 5.69. The van der Waals surface area contributed by atoms with Crippen molar-refractivity contribution in [3.8, 4) is 0 Å². The van der Waals surface area contributed by atoms with Crippen molar-refractivity contribution in [2.75, 3.05) is 7.11 Å². The van der Waals surface area contributed by atoms with Crippen molar-refractivity contribution in [1.29, 1.82) is 0 Å². The molecule has 0 aromatic heterocycles. The lowest BCUT2D eigenvalue weighted by atomic mass is 9.68. The molecule has 1 aliphatic heterocycles. The number of esters is 2. The van der Waals surface area contributed by atoms with Crippen LogP contribution in [0.1, 0.15) is 67.2 Å². The minimum Gasteiger partial charge on any atom is -0.466 e. The van der Waals surface area contributed by atoms with Gasteiger partial charge in [-0.3, -0.25) is 4.79 Å². The molecule has 1 rings (SSSR count). The summed E-state index contributed by atoms with van der Waals surface area (Å²) in [6.45, 7) is 11.2. The molecule has 6 nitrogen and oxygen atoms in total. The van der Waals surface area contributed by atoms with Gasteiger partial charge in [0.25, 0.3) is 0 Å². The Hall–Kier alpha value is -1.69. The normalized spacial score (nSPS) is 28.5. The van der Waals surface area contributed by atoms with E-state index in [0.29, 0.717) is 17.9 Å². The summed E-state index contributed by atoms with van der Waals surface area (Å²) in [4.78, 5) is 35.9. The predicted octanol–water partition coefficient (Wildman–Crippen LogP) is 3.62. The van der Waals surface area contributed by atoms with Gasteiger partial charge in [0.1, 0.15) is 11.9 Å². The Morgan fingerprint density at radius 1 is 1.37 bits per heavy atom. The molecule has 0 bridgehead atoms. The highest BCUT2D eigenvalue weighted by atomic mass is 16.6. The van der Waals surface area contributed by atoms with Crippen molar-refractivity contribution in [3.05, 3.63) is 11.6 Å². The van der Waals surface area contributed by atoms with Crippen LogP contribution < -0.4 is 0 Å². The molecule has 4 atom stereocenters. The summed E-state index contributed by atoms with van der Waals surface area (Å²) in [6, 6.07) is 0. The first-order valence-electron chi connectivity index (χ1n) is 9.66. The van der Waals surface area contributed by atoms with Gasteiger partial charge < -0.3 is 19.0 Å². The second-order valence-electron chi connectivity index (χ2n) is 8.11. The van der Waals surface area contributed by atoms with Crippen LogP contribution in [-0.2, 0) is 28.6 Å². The Kier molecular flexibility index (Phi) is 8.21. The minimum atomic E-state index is -1.10. The molecule has 0 amide bonds. The van der Waals surface area contributed by atoms with Crippen molar-refractivity contribution >= 4 is 18.2 Å². The molecule has 6 heteroatoms. The van der Waals surface area contributed by atoms with E-state index in [-0.39, 0.29) is 12.5 Å². The number of methoxy groups -OCH3 is 1. The van der Waals surface area contributed by atoms with Crippen LogP contribution in [0.5, 0.6) is 0 Å². The molecule has 0 spiro atoms. The van der Waals surface area contributed by atoms with Gasteiger partial charge in [-0.25, -0.2) is 4.79 Å². The average molecular weight is 382 g/mol. The molecular formula is C21H34O6. The zero-order chi connectivity index (χ0) is 20.8. The fourth-order valence-electron chi connectivity index (χ4n) is 3.27. The summed E-state index contributed by atoms with van der Waals surface area (Å²) in [6.07, 6.45) is 3.60. The Morgan fingerprint density at radius 3 is 2.48 bits per heavy atom. The van der Waals surface area contributed by atoms with Crippen LogP contribution in [0.4, 0.5) is 0 Å². The number of carbonyl (C=O) groups excluding carboxylic acids is 3. The SMILES string of the molecule is CCC(=O)O[C@H]1/C(=C/C(=O)OC)CC(CC(C)CC)O[C@@]1(C)C(C)(C)C=O. The highest BCUT2D eigenvalue weighted by Crippen LogP contribution is 2.46. The number of aldehydes is 1. The molecular weight excluding hydrogens is 348 g/mol. The number of carbonyl (C=O) groups is 3. The first-order chi connectivity index (χ1) is 12.5. The highest BCUT2D eigenvalue weighted by Gasteiger charge is 2.55. The summed E-state index contributed by atoms with van der Waals surface area (Å²) in [5.74, 6) is -0.502. The second-order valence-corrected chi connectivity index (χ2v) is 8.11. The maximum absolute atomic E-state index is 12.1. The summed E-state index contributed by atoms with van der Waals surface area (Å²) >= 11 is 0. The Bertz CT molecular complexity index is 579. The predicted molar refractivity (Wildman–Crippen MR) is 102 cm³/mol. The van der Waals surface area contributed by atoms with E-state index in [1.54, 1.807) is 27.7 Å². The molecule has 0 aliphatic carbocycles. The first-order valence-corrected chi connectivity index (χ1v) is 9.66. The van der Waals surface area contributed by atoms with Crippen LogP contribution in [0.25, 0.3) is 0 Å². The second kappa shape index (κ2) is 9.49. The quantitative estimate of drug-likeness (QED) is 0.362. The number of hydrogen-bond acceptors (Lipinski definition) is 6. The van der Waals surface area contributed by atoms with Gasteiger partial charge in [-0.15, -0.1) is 0 Å². The minimum absolute atomic E-state index is 0.184. The molecule has 0 saturated carbocycles. The van der Waals surface area contributed by atoms with Gasteiger partial charge in [0, 0.05) is 12.5 Å². The van der Waals surface area contributed by atoms with Gasteiger partial charge in [-0.2, -0.15) is 0 Å². The first kappa shape index (κ1) is 23.3. The van der Waals surface area contributed by atoms with Crippen LogP contribution in [0.2, 0.25) is 0 Å². The molecule has 27 heavy (non-hydrogen) atoms. The Morgan fingerprint density at radius 2 is 2.00 bits per heavy atom. The molecule has 2 unspecified atom stereocenters. The molecule has 154 valence electrons. The third kappa shape index (κ3) is 5.41. The van der Waals surface area contributed by atoms with Gasteiger partial charge in [-0.05, 0) is 31.3 Å². The lowest BCUT2D eigenvalue weighted by Crippen LogP contribution is -2.61. The molecule has 0 N–H and O–H groups in total. The monoisotopic (exact) mass is 382 g/mol. The van der Waals surface area contributed by atoms with Crippen molar-refractivity contribution < 1.29 is 28.6 Å². The Balaban J connectivity index is 3.44. The van der Waals surface area contributed by atoms with E-state index in [9.17, 15) is 14.4 Å². The van der Waals surface area contributed by atoms with E-state index in [2.05, 4.69) is 13.8 Å². The zero-order valence-electron chi connectivity index (χ0n) is 17.7. The molecule has 1 aliphatic rings. The van der Waals surface area contributed by atoms with Gasteiger partial charge in [0.2, 0.25) is 0 Å². The number of ether oxygens (including phenoxy) is 3. The zero-order valence-corrected chi connectivity index (χ0v) is 17.7. The van der Waals surface area contributed by atoms with Crippen molar-refractivity contribution in [2.24, 2.45) is 11.3 Å². The van der Waals surface area contributed by atoms with Crippen LogP contribution in [0.15, 0.2) is 11.6 Å². The fourth-order valence-corrected chi connectivity index (χ4v) is 3.27. The van der Waals surface area contributed by atoms with Crippen LogP contribution >= 0.6 is 0 Å². The molecule has 1 saturated heterocycles. The van der Waals surface area contributed by atoms with E-state index in [4.69, 9.17) is 14.2 Å². The maximum atomic E-state index is 12.1. The van der Waals surface area contributed by atoms with E-state index < -0.39 is 29.1 Å². The maximum Gasteiger partial charge on any atom is 0.330 e. The van der Waals surface area contributed by atoms with Crippen LogP contribution in [-0.4, -0.2) is 43.1 Å². The van der Waals surface area contributed by atoms with Crippen LogP contribution in [0.3, 0.4) is 0 Å². The van der Waals surface area contributed by atoms with E-state index in [1.807, 2.05) is 0 Å². The molecule has 1 fully saturated rings. The summed E-state index contributed by atoms with van der Waals surface area (Å²) in [5.41, 5.74) is -1.41. The fraction of sp³-hybridized carbons (Fsp3) is 0.762. The summed E-state index contributed by atoms with van der Waals surface area (Å²) in [5, 5.41) is 0. The average Bonchev–Trinajstić information content (AvgIpc) is 2.63. The highest BCUT2D eigenvalue weighted by molar-refractivity contribution is 5.83. The Labute approximate surface area is 162 Å². The smallest absolute Gasteiger partial charge is 0.330 e. The summed E-state index contributed by atoms with van der Waals surface area (Å²) < 4.78 is 16.9. The van der Waals surface area contributed by atoms with Crippen LogP contribution in [0, 0.1) is 11.3 Å². The number of rotatable bonds is 8. The molecule has 0 aromatic rings. The van der Waals surface area contributed by atoms with Crippen molar-refractivity contribution in [3.63, 3.8) is 0 Å². The van der Waals surface area contributed by atoms with Gasteiger partial charge in [-0.1, -0.05) is 41.0 Å². The van der Waals surface area contributed by atoms with Gasteiger partial charge in [0.15, 0.2) is 6.10 Å². The van der Waals surface area contributed by atoms with Gasteiger partial charge >= 0.3 is 11.9 Å². The molecule has 1 heterocycles. The lowest BCUT2D eigenvalue weighted by molar-refractivity contribution is -0.220. The molecule has 0 aromatic carbocycles. The van der Waals surface area contributed by atoms with E-state index >= 15 is 0 Å². The lowest BCUT2D eigenvalue weighted by Gasteiger charge is -2.51.